The molecule has 0 aromatic heterocycles. The summed E-state index contributed by atoms with van der Waals surface area (Å²) in [6, 6.07) is -0.0277. The van der Waals surface area contributed by atoms with E-state index in [1.54, 1.807) is 4.90 Å². The highest BCUT2D eigenvalue weighted by atomic mass is 16.3. The molecule has 2 atom stereocenters. The van der Waals surface area contributed by atoms with Crippen molar-refractivity contribution in [3.05, 3.63) is 0 Å². The van der Waals surface area contributed by atoms with Gasteiger partial charge < -0.3 is 14.9 Å². The Balaban J connectivity index is 1.59. The lowest BCUT2D eigenvalue weighted by atomic mass is 10.1. The average molecular weight is 266 g/mol. The Hall–Kier alpha value is -1.10. The summed E-state index contributed by atoms with van der Waals surface area (Å²) in [6.07, 6.45) is 4.65. The van der Waals surface area contributed by atoms with Gasteiger partial charge in [0.2, 0.25) is 11.8 Å². The minimum Gasteiger partial charge on any atom is -0.394 e. The molecular formula is C14H22N2O3. The van der Waals surface area contributed by atoms with Crippen LogP contribution in [0.5, 0.6) is 0 Å². The van der Waals surface area contributed by atoms with E-state index in [0.717, 1.165) is 25.9 Å². The fourth-order valence-corrected chi connectivity index (χ4v) is 3.28. The van der Waals surface area contributed by atoms with Gasteiger partial charge in [0.05, 0.1) is 18.6 Å². The third-order valence-corrected chi connectivity index (χ3v) is 4.61. The normalized spacial score (nSPS) is 31.3. The number of carbonyl (C=O) groups is 2. The number of carbonyl (C=O) groups excluding carboxylic acids is 2. The first kappa shape index (κ1) is 12.9. The van der Waals surface area contributed by atoms with Crippen LogP contribution in [0.4, 0.5) is 0 Å². The van der Waals surface area contributed by atoms with Crippen LogP contribution >= 0.6 is 0 Å². The monoisotopic (exact) mass is 266 g/mol. The lowest BCUT2D eigenvalue weighted by Gasteiger charge is -2.26. The Labute approximate surface area is 113 Å². The van der Waals surface area contributed by atoms with E-state index < -0.39 is 0 Å². The summed E-state index contributed by atoms with van der Waals surface area (Å²) in [4.78, 5) is 28.0. The summed E-state index contributed by atoms with van der Waals surface area (Å²) in [5, 5.41) is 9.29. The van der Waals surface area contributed by atoms with Crippen molar-refractivity contribution >= 4 is 11.8 Å². The number of hydrogen-bond donors (Lipinski definition) is 1. The minimum absolute atomic E-state index is 0.0277. The predicted molar refractivity (Wildman–Crippen MR) is 69.2 cm³/mol. The summed E-state index contributed by atoms with van der Waals surface area (Å²) < 4.78 is 0. The van der Waals surface area contributed by atoms with Gasteiger partial charge >= 0.3 is 0 Å². The van der Waals surface area contributed by atoms with Gasteiger partial charge in [-0.1, -0.05) is 0 Å². The van der Waals surface area contributed by atoms with E-state index in [-0.39, 0.29) is 30.4 Å². The molecule has 0 aromatic rings. The molecule has 0 spiro atoms. The van der Waals surface area contributed by atoms with Gasteiger partial charge in [0.25, 0.3) is 0 Å². The first-order valence-corrected chi connectivity index (χ1v) is 7.38. The second kappa shape index (κ2) is 5.12. The van der Waals surface area contributed by atoms with Crippen LogP contribution in [0.25, 0.3) is 0 Å². The van der Waals surface area contributed by atoms with Gasteiger partial charge in [0, 0.05) is 26.1 Å². The highest BCUT2D eigenvalue weighted by Gasteiger charge is 2.40. The van der Waals surface area contributed by atoms with Crippen molar-refractivity contribution < 1.29 is 14.7 Å². The van der Waals surface area contributed by atoms with E-state index in [9.17, 15) is 14.7 Å². The van der Waals surface area contributed by atoms with Crippen LogP contribution in [0.15, 0.2) is 0 Å². The van der Waals surface area contributed by atoms with Crippen molar-refractivity contribution in [2.24, 2.45) is 11.8 Å². The average Bonchev–Trinajstić information content (AvgIpc) is 2.97. The summed E-state index contributed by atoms with van der Waals surface area (Å²) in [6.45, 7) is 2.20. The molecule has 2 heterocycles. The van der Waals surface area contributed by atoms with Gasteiger partial charge in [-0.3, -0.25) is 9.59 Å². The second-order valence-corrected chi connectivity index (χ2v) is 6.15. The highest BCUT2D eigenvalue weighted by Crippen LogP contribution is 2.32. The summed E-state index contributed by atoms with van der Waals surface area (Å²) in [5.41, 5.74) is 0. The van der Waals surface area contributed by atoms with Gasteiger partial charge in [-0.25, -0.2) is 0 Å². The first-order valence-electron chi connectivity index (χ1n) is 7.38. The second-order valence-electron chi connectivity index (χ2n) is 6.15. The molecule has 0 bridgehead atoms. The van der Waals surface area contributed by atoms with Crippen LogP contribution in [0.3, 0.4) is 0 Å². The maximum atomic E-state index is 12.4. The van der Waals surface area contributed by atoms with E-state index in [0.29, 0.717) is 18.9 Å². The van der Waals surface area contributed by atoms with Crippen LogP contribution in [0.2, 0.25) is 0 Å². The Morgan fingerprint density at radius 2 is 2.11 bits per heavy atom. The summed E-state index contributed by atoms with van der Waals surface area (Å²) in [7, 11) is 0. The fourth-order valence-electron chi connectivity index (χ4n) is 3.28. The molecule has 5 heteroatoms. The van der Waals surface area contributed by atoms with E-state index in [2.05, 4.69) is 0 Å². The first-order chi connectivity index (χ1) is 9.19. The molecule has 0 radical (unpaired) electrons. The van der Waals surface area contributed by atoms with Gasteiger partial charge in [-0.05, 0) is 31.6 Å². The molecule has 1 saturated carbocycles. The number of hydrogen-bond acceptors (Lipinski definition) is 3. The van der Waals surface area contributed by atoms with Crippen molar-refractivity contribution in [1.29, 1.82) is 0 Å². The zero-order valence-corrected chi connectivity index (χ0v) is 11.3. The number of aliphatic hydroxyl groups is 1. The van der Waals surface area contributed by atoms with Crippen LogP contribution in [-0.4, -0.2) is 59.0 Å². The molecule has 0 aromatic carbocycles. The van der Waals surface area contributed by atoms with E-state index in [1.807, 2.05) is 4.90 Å². The van der Waals surface area contributed by atoms with Gasteiger partial charge in [-0.2, -0.15) is 0 Å². The van der Waals surface area contributed by atoms with Crippen LogP contribution in [0, 0.1) is 11.8 Å². The van der Waals surface area contributed by atoms with E-state index in [4.69, 9.17) is 0 Å². The van der Waals surface area contributed by atoms with Gasteiger partial charge in [0.1, 0.15) is 0 Å². The topological polar surface area (TPSA) is 60.9 Å². The standard InChI is InChI=1S/C14H22N2O3/c17-9-12-2-1-5-16(12)14(19)11-6-13(18)15(8-11)7-10-3-4-10/h10-12,17H,1-9H2/t11?,12-/m1/s1. The van der Waals surface area contributed by atoms with Gasteiger partial charge in [-0.15, -0.1) is 0 Å². The molecule has 5 nitrogen and oxygen atoms in total. The Morgan fingerprint density at radius 1 is 1.32 bits per heavy atom. The quantitative estimate of drug-likeness (QED) is 0.792. The summed E-state index contributed by atoms with van der Waals surface area (Å²) >= 11 is 0. The van der Waals surface area contributed by atoms with Crippen LogP contribution in [-0.2, 0) is 9.59 Å². The number of rotatable bonds is 4. The fraction of sp³-hybridized carbons (Fsp3) is 0.857. The molecule has 2 aliphatic heterocycles. The number of nitrogens with zero attached hydrogens (tertiary/aromatic N) is 2. The smallest absolute Gasteiger partial charge is 0.228 e. The minimum atomic E-state index is -0.182. The molecule has 3 fully saturated rings. The molecule has 1 aliphatic carbocycles. The van der Waals surface area contributed by atoms with Crippen LogP contribution < -0.4 is 0 Å². The molecule has 2 amide bonds. The largest absolute Gasteiger partial charge is 0.394 e. The summed E-state index contributed by atoms with van der Waals surface area (Å²) in [5.74, 6) is 0.696. The Morgan fingerprint density at radius 3 is 2.79 bits per heavy atom. The lowest BCUT2D eigenvalue weighted by molar-refractivity contribution is -0.137. The molecule has 3 aliphatic rings. The molecule has 3 rings (SSSR count). The van der Waals surface area contributed by atoms with Crippen molar-refractivity contribution in [2.45, 2.75) is 38.1 Å². The predicted octanol–water partition coefficient (Wildman–Crippen LogP) is 0.228. The molecule has 106 valence electrons. The molecular weight excluding hydrogens is 244 g/mol. The third-order valence-electron chi connectivity index (χ3n) is 4.61. The number of likely N-dealkylation sites (tertiary alicyclic amines) is 2. The molecule has 1 unspecified atom stereocenters. The van der Waals surface area contributed by atoms with Crippen molar-refractivity contribution in [2.75, 3.05) is 26.2 Å². The Kier molecular flexibility index (Phi) is 3.48. The maximum absolute atomic E-state index is 12.4. The van der Waals surface area contributed by atoms with Crippen molar-refractivity contribution in [1.82, 2.24) is 9.80 Å². The third kappa shape index (κ3) is 2.61. The SMILES string of the molecule is O=C1CC(C(=O)N2CCC[C@@H]2CO)CN1CC1CC1. The van der Waals surface area contributed by atoms with Crippen LogP contribution in [0.1, 0.15) is 32.1 Å². The van der Waals surface area contributed by atoms with Crippen molar-refractivity contribution in [3.8, 4) is 0 Å². The number of amides is 2. The van der Waals surface area contributed by atoms with Gasteiger partial charge in [0.15, 0.2) is 0 Å². The highest BCUT2D eigenvalue weighted by molar-refractivity contribution is 5.89. The van der Waals surface area contributed by atoms with E-state index in [1.165, 1.54) is 12.8 Å². The maximum Gasteiger partial charge on any atom is 0.228 e. The molecule has 1 N–H and O–H groups in total. The molecule has 19 heavy (non-hydrogen) atoms. The lowest BCUT2D eigenvalue weighted by Crippen LogP contribution is -2.42. The molecule has 2 saturated heterocycles. The number of aliphatic hydroxyl groups excluding tert-OH is 1. The van der Waals surface area contributed by atoms with E-state index >= 15 is 0 Å². The zero-order valence-electron chi connectivity index (χ0n) is 11.3. The Bertz CT molecular complexity index is 381. The zero-order chi connectivity index (χ0) is 13.4. The van der Waals surface area contributed by atoms with Crippen molar-refractivity contribution in [3.63, 3.8) is 0 Å².